The van der Waals surface area contributed by atoms with Crippen LogP contribution >= 0.6 is 11.8 Å². The van der Waals surface area contributed by atoms with Crippen LogP contribution in [0.15, 0.2) is 47.9 Å². The molecule has 1 unspecified atom stereocenters. The molecular formula is C10H12OS. The van der Waals surface area contributed by atoms with E-state index in [-0.39, 0.29) is 5.44 Å². The van der Waals surface area contributed by atoms with E-state index in [2.05, 4.69) is 18.7 Å². The highest BCUT2D eigenvalue weighted by atomic mass is 32.2. The Morgan fingerprint density at radius 3 is 2.58 bits per heavy atom. The van der Waals surface area contributed by atoms with Gasteiger partial charge in [0.2, 0.25) is 0 Å². The molecule has 0 radical (unpaired) electrons. The van der Waals surface area contributed by atoms with Crippen molar-refractivity contribution in [2.75, 3.05) is 7.11 Å². The van der Waals surface area contributed by atoms with Gasteiger partial charge in [0, 0.05) is 12.0 Å². The van der Waals surface area contributed by atoms with E-state index in [4.69, 9.17) is 4.74 Å². The normalized spacial score (nSPS) is 12.4. The van der Waals surface area contributed by atoms with Crippen molar-refractivity contribution in [3.05, 3.63) is 43.0 Å². The molecule has 0 spiro atoms. The first-order chi connectivity index (χ1) is 5.86. The first-order valence-electron chi connectivity index (χ1n) is 3.74. The molecule has 0 amide bonds. The van der Waals surface area contributed by atoms with Crippen LogP contribution in [0.1, 0.15) is 0 Å². The summed E-state index contributed by atoms with van der Waals surface area (Å²) in [6, 6.07) is 10.1. The van der Waals surface area contributed by atoms with E-state index in [0.29, 0.717) is 0 Å². The molecule has 0 saturated carbocycles. The summed E-state index contributed by atoms with van der Waals surface area (Å²) in [6.07, 6.45) is 1.79. The first-order valence-corrected chi connectivity index (χ1v) is 4.62. The average molecular weight is 180 g/mol. The summed E-state index contributed by atoms with van der Waals surface area (Å²) in [4.78, 5) is 1.20. The minimum atomic E-state index is 0.0485. The number of ether oxygens (including phenoxy) is 1. The van der Waals surface area contributed by atoms with Crippen molar-refractivity contribution < 1.29 is 4.74 Å². The second-order valence-corrected chi connectivity index (χ2v) is 3.44. The monoisotopic (exact) mass is 180 g/mol. The number of hydrogen-bond acceptors (Lipinski definition) is 2. The molecule has 0 aliphatic rings. The maximum absolute atomic E-state index is 5.15. The summed E-state index contributed by atoms with van der Waals surface area (Å²) in [5, 5.41) is 0. The van der Waals surface area contributed by atoms with Gasteiger partial charge in [-0.25, -0.2) is 0 Å². The van der Waals surface area contributed by atoms with E-state index in [1.54, 1.807) is 24.9 Å². The molecule has 0 saturated heterocycles. The van der Waals surface area contributed by atoms with Gasteiger partial charge in [-0.2, -0.15) is 0 Å². The Balaban J connectivity index is 2.56. The lowest BCUT2D eigenvalue weighted by atomic mass is 10.4. The van der Waals surface area contributed by atoms with Gasteiger partial charge in [-0.1, -0.05) is 42.6 Å². The van der Waals surface area contributed by atoms with Gasteiger partial charge in [0.1, 0.15) is 5.44 Å². The van der Waals surface area contributed by atoms with E-state index >= 15 is 0 Å². The van der Waals surface area contributed by atoms with Crippen molar-refractivity contribution in [2.45, 2.75) is 10.3 Å². The van der Waals surface area contributed by atoms with Crippen LogP contribution in [-0.2, 0) is 4.74 Å². The van der Waals surface area contributed by atoms with Crippen molar-refractivity contribution in [3.8, 4) is 0 Å². The molecule has 0 N–H and O–H groups in total. The summed E-state index contributed by atoms with van der Waals surface area (Å²) >= 11 is 1.65. The number of rotatable bonds is 4. The van der Waals surface area contributed by atoms with E-state index in [0.717, 1.165) is 0 Å². The third-order valence-electron chi connectivity index (χ3n) is 1.42. The average Bonchev–Trinajstić information content (AvgIpc) is 2.16. The summed E-state index contributed by atoms with van der Waals surface area (Å²) < 4.78 is 5.15. The lowest BCUT2D eigenvalue weighted by Crippen LogP contribution is -1.99. The summed E-state index contributed by atoms with van der Waals surface area (Å²) in [7, 11) is 1.68. The summed E-state index contributed by atoms with van der Waals surface area (Å²) in [5.41, 5.74) is 0.0485. The Bertz CT molecular complexity index is 233. The highest BCUT2D eigenvalue weighted by Crippen LogP contribution is 2.23. The van der Waals surface area contributed by atoms with Crippen molar-refractivity contribution in [1.82, 2.24) is 0 Å². The van der Waals surface area contributed by atoms with Crippen LogP contribution in [-0.4, -0.2) is 12.5 Å². The molecule has 64 valence electrons. The summed E-state index contributed by atoms with van der Waals surface area (Å²) in [5.74, 6) is 0. The smallest absolute Gasteiger partial charge is 0.125 e. The van der Waals surface area contributed by atoms with Crippen LogP contribution in [0.5, 0.6) is 0 Å². The molecule has 0 fully saturated rings. The number of thioether (sulfide) groups is 1. The van der Waals surface area contributed by atoms with Crippen molar-refractivity contribution in [1.29, 1.82) is 0 Å². The maximum Gasteiger partial charge on any atom is 0.125 e. The lowest BCUT2D eigenvalue weighted by Gasteiger charge is -2.08. The fourth-order valence-corrected chi connectivity index (χ4v) is 1.60. The van der Waals surface area contributed by atoms with Crippen LogP contribution in [0.25, 0.3) is 0 Å². The van der Waals surface area contributed by atoms with Crippen molar-refractivity contribution in [3.63, 3.8) is 0 Å². The van der Waals surface area contributed by atoms with Gasteiger partial charge in [-0.05, 0) is 12.1 Å². The second kappa shape index (κ2) is 5.01. The third-order valence-corrected chi connectivity index (χ3v) is 2.58. The van der Waals surface area contributed by atoms with Crippen molar-refractivity contribution >= 4 is 11.8 Å². The van der Waals surface area contributed by atoms with Gasteiger partial charge in [-0.3, -0.25) is 0 Å². The highest BCUT2D eigenvalue weighted by molar-refractivity contribution is 8.00. The Morgan fingerprint density at radius 2 is 2.08 bits per heavy atom. The van der Waals surface area contributed by atoms with Crippen LogP contribution in [0.2, 0.25) is 0 Å². The first kappa shape index (κ1) is 9.36. The predicted octanol–water partition coefficient (Wildman–Crippen LogP) is 2.94. The van der Waals surface area contributed by atoms with Gasteiger partial charge < -0.3 is 4.74 Å². The van der Waals surface area contributed by atoms with E-state index in [9.17, 15) is 0 Å². The Morgan fingerprint density at radius 1 is 1.42 bits per heavy atom. The predicted molar refractivity (Wildman–Crippen MR) is 53.3 cm³/mol. The fraction of sp³-hybridized carbons (Fsp3) is 0.200. The molecule has 1 aromatic rings. The minimum absolute atomic E-state index is 0.0485. The molecule has 12 heavy (non-hydrogen) atoms. The zero-order valence-corrected chi connectivity index (χ0v) is 7.88. The number of benzene rings is 1. The van der Waals surface area contributed by atoms with E-state index in [1.165, 1.54) is 4.90 Å². The van der Waals surface area contributed by atoms with Gasteiger partial charge in [-0.15, -0.1) is 0 Å². The zero-order chi connectivity index (χ0) is 8.81. The molecule has 1 atom stereocenters. The van der Waals surface area contributed by atoms with Crippen LogP contribution < -0.4 is 0 Å². The van der Waals surface area contributed by atoms with Crippen LogP contribution in [0, 0.1) is 0 Å². The Kier molecular flexibility index (Phi) is 3.91. The quantitative estimate of drug-likeness (QED) is 0.400. The lowest BCUT2D eigenvalue weighted by molar-refractivity contribution is 0.208. The highest BCUT2D eigenvalue weighted by Gasteiger charge is 2.02. The van der Waals surface area contributed by atoms with Gasteiger partial charge in [0.15, 0.2) is 0 Å². The van der Waals surface area contributed by atoms with Gasteiger partial charge in [0.05, 0.1) is 0 Å². The molecule has 0 aliphatic carbocycles. The number of hydrogen-bond donors (Lipinski definition) is 0. The summed E-state index contributed by atoms with van der Waals surface area (Å²) in [6.45, 7) is 3.68. The molecule has 0 bridgehead atoms. The molecule has 1 aromatic carbocycles. The van der Waals surface area contributed by atoms with Crippen LogP contribution in [0.4, 0.5) is 0 Å². The molecule has 0 aliphatic heterocycles. The molecular weight excluding hydrogens is 168 g/mol. The molecule has 2 heteroatoms. The largest absolute Gasteiger partial charge is 0.366 e. The molecule has 1 rings (SSSR count). The number of methoxy groups -OCH3 is 1. The van der Waals surface area contributed by atoms with E-state index < -0.39 is 0 Å². The van der Waals surface area contributed by atoms with Gasteiger partial charge >= 0.3 is 0 Å². The Labute approximate surface area is 77.4 Å². The third kappa shape index (κ3) is 2.72. The second-order valence-electron chi connectivity index (χ2n) is 2.27. The molecule has 0 aromatic heterocycles. The topological polar surface area (TPSA) is 9.23 Å². The maximum atomic E-state index is 5.15. The van der Waals surface area contributed by atoms with Gasteiger partial charge in [0.25, 0.3) is 0 Å². The fourth-order valence-electron chi connectivity index (χ4n) is 0.826. The van der Waals surface area contributed by atoms with Crippen molar-refractivity contribution in [2.24, 2.45) is 0 Å². The Hall–Kier alpha value is -0.730. The minimum Gasteiger partial charge on any atom is -0.366 e. The zero-order valence-electron chi connectivity index (χ0n) is 7.07. The molecule has 1 nitrogen and oxygen atoms in total. The molecule has 0 heterocycles. The standard InChI is InChI=1S/C10H12OS/c1-3-10(11-2)12-9-7-5-4-6-8-9/h3-8,10H,1H2,2H3. The van der Waals surface area contributed by atoms with Crippen LogP contribution in [0.3, 0.4) is 0 Å². The van der Waals surface area contributed by atoms with E-state index in [1.807, 2.05) is 18.2 Å². The SMILES string of the molecule is C=CC(OC)Sc1ccccc1.